The van der Waals surface area contributed by atoms with Crippen molar-refractivity contribution in [3.63, 3.8) is 0 Å². The molecule has 0 aliphatic rings. The van der Waals surface area contributed by atoms with Crippen molar-refractivity contribution in [1.29, 1.82) is 0 Å². The first kappa shape index (κ1) is 17.5. The molecule has 0 amide bonds. The molecule has 0 unspecified atom stereocenters. The predicted molar refractivity (Wildman–Crippen MR) is 79.5 cm³/mol. The normalized spacial score (nSPS) is 11.2. The lowest BCUT2D eigenvalue weighted by atomic mass is 10.00. The highest BCUT2D eigenvalue weighted by Crippen LogP contribution is 2.34. The second-order valence-corrected chi connectivity index (χ2v) is 4.78. The van der Waals surface area contributed by atoms with Gasteiger partial charge in [0.05, 0.1) is 28.2 Å². The zero-order valence-electron chi connectivity index (χ0n) is 12.5. The zero-order valence-corrected chi connectivity index (χ0v) is 12.5. The summed E-state index contributed by atoms with van der Waals surface area (Å²) in [6.45, 7) is 1.72. The van der Waals surface area contributed by atoms with E-state index in [4.69, 9.17) is 4.74 Å². The van der Waals surface area contributed by atoms with E-state index in [0.29, 0.717) is 0 Å². The highest BCUT2D eigenvalue weighted by atomic mass is 19.4. The van der Waals surface area contributed by atoms with Gasteiger partial charge in [-0.25, -0.2) is 4.79 Å². The molecular weight excluding hydrogens is 327 g/mol. The number of nitrogens with zero attached hydrogens (tertiary/aromatic N) is 1. The third-order valence-electron chi connectivity index (χ3n) is 3.23. The van der Waals surface area contributed by atoms with Gasteiger partial charge in [0.15, 0.2) is 0 Å². The molecule has 0 spiro atoms. The number of nitro groups is 1. The van der Waals surface area contributed by atoms with Gasteiger partial charge in [-0.2, -0.15) is 13.2 Å². The SMILES string of the molecule is CCOC(=O)c1ccc(-c2ccc(C(F)(F)F)cc2)c([N+](=O)[O-])c1. The third kappa shape index (κ3) is 3.70. The smallest absolute Gasteiger partial charge is 0.416 e. The van der Waals surface area contributed by atoms with Crippen LogP contribution in [-0.4, -0.2) is 17.5 Å². The van der Waals surface area contributed by atoms with E-state index in [2.05, 4.69) is 0 Å². The number of esters is 1. The number of hydrogen-bond acceptors (Lipinski definition) is 4. The molecule has 0 saturated heterocycles. The van der Waals surface area contributed by atoms with E-state index in [1.54, 1.807) is 6.92 Å². The molecule has 2 aromatic carbocycles. The number of ether oxygens (including phenoxy) is 1. The number of nitro benzene ring substituents is 1. The molecule has 2 rings (SSSR count). The molecule has 126 valence electrons. The number of alkyl halides is 3. The second-order valence-electron chi connectivity index (χ2n) is 4.78. The van der Waals surface area contributed by atoms with Crippen LogP contribution in [0.15, 0.2) is 42.5 Å². The van der Waals surface area contributed by atoms with Crippen LogP contribution >= 0.6 is 0 Å². The van der Waals surface area contributed by atoms with E-state index >= 15 is 0 Å². The first-order valence-corrected chi connectivity index (χ1v) is 6.87. The lowest BCUT2D eigenvalue weighted by molar-refractivity contribution is -0.384. The van der Waals surface area contributed by atoms with Gasteiger partial charge < -0.3 is 4.74 Å². The summed E-state index contributed by atoms with van der Waals surface area (Å²) in [5.74, 6) is -0.709. The number of carbonyl (C=O) groups excluding carboxylic acids is 1. The maximum Gasteiger partial charge on any atom is 0.416 e. The summed E-state index contributed by atoms with van der Waals surface area (Å²) in [5, 5.41) is 11.2. The molecule has 0 fully saturated rings. The number of rotatable bonds is 4. The van der Waals surface area contributed by atoms with Gasteiger partial charge in [-0.15, -0.1) is 0 Å². The summed E-state index contributed by atoms with van der Waals surface area (Å²) >= 11 is 0. The average molecular weight is 339 g/mol. The van der Waals surface area contributed by atoms with E-state index in [-0.39, 0.29) is 29.0 Å². The Balaban J connectivity index is 2.46. The molecule has 0 aromatic heterocycles. The van der Waals surface area contributed by atoms with Crippen LogP contribution in [0, 0.1) is 10.1 Å². The van der Waals surface area contributed by atoms with Gasteiger partial charge in [-0.3, -0.25) is 10.1 Å². The van der Waals surface area contributed by atoms with Crippen LogP contribution in [0.1, 0.15) is 22.8 Å². The molecule has 8 heteroatoms. The molecular formula is C16H12F3NO4. The molecule has 2 aromatic rings. The lowest BCUT2D eigenvalue weighted by Gasteiger charge is -2.09. The second kappa shape index (κ2) is 6.69. The standard InChI is InChI=1S/C16H12F3NO4/c1-2-24-15(21)11-5-8-13(14(9-11)20(22)23)10-3-6-12(7-4-10)16(17,18)19/h3-9H,2H2,1H3. The molecule has 0 atom stereocenters. The monoisotopic (exact) mass is 339 g/mol. The van der Waals surface area contributed by atoms with Crippen LogP contribution < -0.4 is 0 Å². The molecule has 5 nitrogen and oxygen atoms in total. The summed E-state index contributed by atoms with van der Waals surface area (Å²) in [5.41, 5.74) is -0.886. The number of benzene rings is 2. The summed E-state index contributed by atoms with van der Waals surface area (Å²) < 4.78 is 42.5. The quantitative estimate of drug-likeness (QED) is 0.468. The van der Waals surface area contributed by atoms with Crippen LogP contribution in [0.2, 0.25) is 0 Å². The Kier molecular flexibility index (Phi) is 4.87. The highest BCUT2D eigenvalue weighted by molar-refractivity contribution is 5.92. The van der Waals surface area contributed by atoms with E-state index in [0.717, 1.165) is 30.3 Å². The fourth-order valence-electron chi connectivity index (χ4n) is 2.11. The Morgan fingerprint density at radius 3 is 2.29 bits per heavy atom. The first-order chi connectivity index (χ1) is 11.2. The summed E-state index contributed by atoms with van der Waals surface area (Å²) in [6, 6.07) is 7.68. The highest BCUT2D eigenvalue weighted by Gasteiger charge is 2.30. The number of hydrogen-bond donors (Lipinski definition) is 0. The van der Waals surface area contributed by atoms with E-state index in [1.807, 2.05) is 0 Å². The largest absolute Gasteiger partial charge is 0.462 e. The molecule has 0 heterocycles. The molecule has 0 N–H and O–H groups in total. The molecule has 0 bridgehead atoms. The maximum absolute atomic E-state index is 12.6. The van der Waals surface area contributed by atoms with Crippen molar-refractivity contribution in [3.8, 4) is 11.1 Å². The third-order valence-corrected chi connectivity index (χ3v) is 3.23. The number of carbonyl (C=O) groups is 1. The minimum absolute atomic E-state index is 0.000730. The van der Waals surface area contributed by atoms with Crippen molar-refractivity contribution in [3.05, 3.63) is 63.7 Å². The van der Waals surface area contributed by atoms with E-state index in [9.17, 15) is 28.1 Å². The van der Waals surface area contributed by atoms with Gasteiger partial charge in [0.25, 0.3) is 5.69 Å². The molecule has 0 aliphatic heterocycles. The zero-order chi connectivity index (χ0) is 17.9. The van der Waals surface area contributed by atoms with E-state index < -0.39 is 22.6 Å². The summed E-state index contributed by atoms with van der Waals surface area (Å²) in [6.07, 6.45) is -4.49. The van der Waals surface area contributed by atoms with Crippen LogP contribution in [0.25, 0.3) is 11.1 Å². The molecule has 0 aliphatic carbocycles. The predicted octanol–water partition coefficient (Wildman–Crippen LogP) is 4.46. The Bertz CT molecular complexity index is 770. The summed E-state index contributed by atoms with van der Waals surface area (Å²) in [7, 11) is 0. The van der Waals surface area contributed by atoms with Crippen molar-refractivity contribution in [1.82, 2.24) is 0 Å². The molecule has 0 saturated carbocycles. The van der Waals surface area contributed by atoms with Gasteiger partial charge in [-0.1, -0.05) is 12.1 Å². The van der Waals surface area contributed by atoms with Crippen molar-refractivity contribution < 1.29 is 27.6 Å². The van der Waals surface area contributed by atoms with Gasteiger partial charge in [0.1, 0.15) is 0 Å². The van der Waals surface area contributed by atoms with Gasteiger partial charge in [-0.05, 0) is 36.8 Å². The Morgan fingerprint density at radius 2 is 1.79 bits per heavy atom. The van der Waals surface area contributed by atoms with Crippen LogP contribution in [0.5, 0.6) is 0 Å². The van der Waals surface area contributed by atoms with Gasteiger partial charge in [0, 0.05) is 6.07 Å². The minimum atomic E-state index is -4.49. The van der Waals surface area contributed by atoms with Crippen molar-refractivity contribution in [2.45, 2.75) is 13.1 Å². The van der Waals surface area contributed by atoms with Crippen LogP contribution in [0.3, 0.4) is 0 Å². The van der Waals surface area contributed by atoms with Crippen molar-refractivity contribution in [2.75, 3.05) is 6.61 Å². The van der Waals surface area contributed by atoms with Crippen LogP contribution in [0.4, 0.5) is 18.9 Å². The average Bonchev–Trinajstić information content (AvgIpc) is 2.53. The van der Waals surface area contributed by atoms with Crippen LogP contribution in [-0.2, 0) is 10.9 Å². The molecule has 0 radical (unpaired) electrons. The topological polar surface area (TPSA) is 69.4 Å². The minimum Gasteiger partial charge on any atom is -0.462 e. The van der Waals surface area contributed by atoms with Crippen molar-refractivity contribution in [2.24, 2.45) is 0 Å². The fraction of sp³-hybridized carbons (Fsp3) is 0.188. The van der Waals surface area contributed by atoms with E-state index in [1.165, 1.54) is 12.1 Å². The summed E-state index contributed by atoms with van der Waals surface area (Å²) in [4.78, 5) is 22.2. The fourth-order valence-corrected chi connectivity index (χ4v) is 2.11. The molecule has 24 heavy (non-hydrogen) atoms. The number of halogens is 3. The van der Waals surface area contributed by atoms with Crippen molar-refractivity contribution >= 4 is 11.7 Å². The lowest BCUT2D eigenvalue weighted by Crippen LogP contribution is -2.06. The Labute approximate surface area is 134 Å². The van der Waals surface area contributed by atoms with Gasteiger partial charge in [0.2, 0.25) is 0 Å². The Hall–Kier alpha value is -2.90. The Morgan fingerprint density at radius 1 is 1.17 bits per heavy atom. The first-order valence-electron chi connectivity index (χ1n) is 6.87. The van der Waals surface area contributed by atoms with Gasteiger partial charge >= 0.3 is 12.1 Å². The maximum atomic E-state index is 12.6.